The number of aromatic nitrogens is 1. The van der Waals surface area contributed by atoms with Gasteiger partial charge in [0.05, 0.1) is 5.01 Å². The summed E-state index contributed by atoms with van der Waals surface area (Å²) in [5, 5.41) is 15.7. The van der Waals surface area contributed by atoms with Gasteiger partial charge < -0.3 is 21.5 Å². The molecule has 0 aliphatic carbocycles. The Balaban J connectivity index is 2.38. The molecule has 0 aliphatic heterocycles. The molecule has 0 fully saturated rings. The van der Waals surface area contributed by atoms with E-state index in [2.05, 4.69) is 15.6 Å². The predicted octanol–water partition coefficient (Wildman–Crippen LogP) is -0.0531. The number of rotatable bonds is 6. The summed E-state index contributed by atoms with van der Waals surface area (Å²) >= 11 is 1.21. The molecule has 0 unspecified atom stereocenters. The van der Waals surface area contributed by atoms with Crippen LogP contribution in [-0.2, 0) is 11.2 Å². The molecule has 3 amide bonds. The van der Waals surface area contributed by atoms with Crippen LogP contribution in [0.4, 0.5) is 4.79 Å². The molecule has 8 nitrogen and oxygen atoms in total. The number of carboxylic acids is 1. The number of carbonyl (C=O) groups excluding carboxylic acids is 2. The molecule has 110 valence electrons. The van der Waals surface area contributed by atoms with Crippen LogP contribution < -0.4 is 16.4 Å². The van der Waals surface area contributed by atoms with E-state index in [1.807, 2.05) is 0 Å². The lowest BCUT2D eigenvalue weighted by atomic mass is 10.1. The highest BCUT2D eigenvalue weighted by Crippen LogP contribution is 2.09. The fourth-order valence-corrected chi connectivity index (χ4v) is 1.97. The molecule has 0 aliphatic rings. The highest BCUT2D eigenvalue weighted by molar-refractivity contribution is 7.09. The molecular formula is C11H16N4O4S. The molecule has 1 rings (SSSR count). The lowest BCUT2D eigenvalue weighted by Crippen LogP contribution is -2.55. The summed E-state index contributed by atoms with van der Waals surface area (Å²) in [6.45, 7) is 3.26. The topological polar surface area (TPSA) is 134 Å². The molecule has 0 radical (unpaired) electrons. The Bertz CT molecular complexity index is 526. The van der Waals surface area contributed by atoms with E-state index in [0.717, 1.165) is 0 Å². The number of primary amides is 1. The number of carbonyl (C=O) groups is 3. The smallest absolute Gasteiger partial charge is 0.355 e. The number of hydrogen-bond acceptors (Lipinski definition) is 5. The molecule has 0 saturated carbocycles. The molecule has 0 aromatic carbocycles. The van der Waals surface area contributed by atoms with Crippen LogP contribution in [0.5, 0.6) is 0 Å². The maximum absolute atomic E-state index is 11.5. The van der Waals surface area contributed by atoms with Gasteiger partial charge in [-0.1, -0.05) is 0 Å². The quantitative estimate of drug-likeness (QED) is 0.584. The van der Waals surface area contributed by atoms with Crippen LogP contribution in [0, 0.1) is 0 Å². The van der Waals surface area contributed by atoms with Crippen molar-refractivity contribution in [1.82, 2.24) is 15.6 Å². The van der Waals surface area contributed by atoms with Crippen LogP contribution in [0.25, 0.3) is 0 Å². The third-order valence-corrected chi connectivity index (χ3v) is 3.35. The molecule has 0 saturated heterocycles. The number of nitrogens with two attached hydrogens (primary N) is 1. The fourth-order valence-electron chi connectivity index (χ4n) is 1.20. The largest absolute Gasteiger partial charge is 0.476 e. The van der Waals surface area contributed by atoms with Crippen molar-refractivity contribution in [2.45, 2.75) is 25.8 Å². The average Bonchev–Trinajstić information content (AvgIpc) is 2.77. The maximum Gasteiger partial charge on any atom is 0.355 e. The summed E-state index contributed by atoms with van der Waals surface area (Å²) in [5.74, 6) is -1.72. The lowest BCUT2D eigenvalue weighted by molar-refractivity contribution is -0.122. The van der Waals surface area contributed by atoms with Gasteiger partial charge in [0, 0.05) is 18.3 Å². The molecule has 1 heterocycles. The van der Waals surface area contributed by atoms with Gasteiger partial charge in [0.25, 0.3) is 0 Å². The van der Waals surface area contributed by atoms with Crippen LogP contribution in [0.15, 0.2) is 5.38 Å². The van der Waals surface area contributed by atoms with Gasteiger partial charge in [-0.15, -0.1) is 11.3 Å². The SMILES string of the molecule is CC(C)(NC(=O)NCCc1nc(C(=O)O)cs1)C(N)=O. The molecule has 1 aromatic heterocycles. The number of nitrogens with zero attached hydrogens (tertiary/aromatic N) is 1. The molecule has 5 N–H and O–H groups in total. The highest BCUT2D eigenvalue weighted by Gasteiger charge is 2.26. The summed E-state index contributed by atoms with van der Waals surface area (Å²) in [5.41, 5.74) is 3.98. The van der Waals surface area contributed by atoms with Crippen LogP contribution >= 0.6 is 11.3 Å². The lowest BCUT2D eigenvalue weighted by Gasteiger charge is -2.22. The molecule has 20 heavy (non-hydrogen) atoms. The molecule has 0 atom stereocenters. The number of amides is 3. The van der Waals surface area contributed by atoms with E-state index >= 15 is 0 Å². The zero-order valence-electron chi connectivity index (χ0n) is 11.1. The first-order valence-electron chi connectivity index (χ1n) is 5.76. The molecule has 0 bridgehead atoms. The first-order chi connectivity index (χ1) is 9.22. The van der Waals surface area contributed by atoms with Crippen LogP contribution in [-0.4, -0.2) is 40.1 Å². The second kappa shape index (κ2) is 6.33. The summed E-state index contributed by atoms with van der Waals surface area (Å²) in [4.78, 5) is 37.1. The van der Waals surface area contributed by atoms with Gasteiger partial charge in [-0.25, -0.2) is 14.6 Å². The maximum atomic E-state index is 11.5. The van der Waals surface area contributed by atoms with Crippen LogP contribution in [0.1, 0.15) is 29.3 Å². The van der Waals surface area contributed by atoms with Gasteiger partial charge in [0.2, 0.25) is 5.91 Å². The summed E-state index contributed by atoms with van der Waals surface area (Å²) < 4.78 is 0. The van der Waals surface area contributed by atoms with E-state index in [0.29, 0.717) is 11.4 Å². The Hall–Kier alpha value is -2.16. The standard InChI is InChI=1S/C11H16N4O4S/c1-11(2,9(12)18)15-10(19)13-4-3-7-14-6(5-20-7)8(16)17/h5H,3-4H2,1-2H3,(H2,12,18)(H,16,17)(H2,13,15,19). The zero-order chi connectivity index (χ0) is 15.3. The first kappa shape index (κ1) is 15.9. The van der Waals surface area contributed by atoms with E-state index in [-0.39, 0.29) is 12.2 Å². The molecular weight excluding hydrogens is 284 g/mol. The van der Waals surface area contributed by atoms with Crippen molar-refractivity contribution in [3.63, 3.8) is 0 Å². The van der Waals surface area contributed by atoms with Crippen molar-refractivity contribution in [3.05, 3.63) is 16.1 Å². The molecule has 0 spiro atoms. The molecule has 1 aromatic rings. The summed E-state index contributed by atoms with van der Waals surface area (Å²) in [6.07, 6.45) is 0.405. The number of carboxylic acid groups (broad SMARTS) is 1. The second-order valence-electron chi connectivity index (χ2n) is 4.55. The fraction of sp³-hybridized carbons (Fsp3) is 0.455. The summed E-state index contributed by atoms with van der Waals surface area (Å²) in [7, 11) is 0. The Kier molecular flexibility index (Phi) is 5.03. The number of hydrogen-bond donors (Lipinski definition) is 4. The predicted molar refractivity (Wildman–Crippen MR) is 72.6 cm³/mol. The minimum Gasteiger partial charge on any atom is -0.476 e. The zero-order valence-corrected chi connectivity index (χ0v) is 11.9. The van der Waals surface area contributed by atoms with Crippen LogP contribution in [0.2, 0.25) is 0 Å². The van der Waals surface area contributed by atoms with Crippen molar-refractivity contribution in [1.29, 1.82) is 0 Å². The van der Waals surface area contributed by atoms with Gasteiger partial charge in [-0.3, -0.25) is 4.79 Å². The van der Waals surface area contributed by atoms with Gasteiger partial charge in [-0.05, 0) is 13.8 Å². The van der Waals surface area contributed by atoms with E-state index in [9.17, 15) is 14.4 Å². The van der Waals surface area contributed by atoms with Crippen molar-refractivity contribution in [2.24, 2.45) is 5.73 Å². The Labute approximate surface area is 119 Å². The first-order valence-corrected chi connectivity index (χ1v) is 6.64. The monoisotopic (exact) mass is 300 g/mol. The van der Waals surface area contributed by atoms with Gasteiger partial charge in [0.15, 0.2) is 5.69 Å². The second-order valence-corrected chi connectivity index (χ2v) is 5.49. The highest BCUT2D eigenvalue weighted by atomic mass is 32.1. The van der Waals surface area contributed by atoms with E-state index < -0.39 is 23.4 Å². The number of nitrogens with one attached hydrogen (secondary N) is 2. The number of thiazole rings is 1. The van der Waals surface area contributed by atoms with Crippen molar-refractivity contribution >= 4 is 29.2 Å². The molecule has 9 heteroatoms. The average molecular weight is 300 g/mol. The van der Waals surface area contributed by atoms with Gasteiger partial charge in [0.1, 0.15) is 5.54 Å². The number of aromatic carboxylic acids is 1. The van der Waals surface area contributed by atoms with Gasteiger partial charge >= 0.3 is 12.0 Å². The Morgan fingerprint density at radius 3 is 2.60 bits per heavy atom. The Morgan fingerprint density at radius 2 is 2.10 bits per heavy atom. The summed E-state index contributed by atoms with van der Waals surface area (Å²) in [6, 6.07) is -0.524. The number of urea groups is 1. The minimum atomic E-state index is -1.14. The van der Waals surface area contributed by atoms with Crippen LogP contribution in [0.3, 0.4) is 0 Å². The van der Waals surface area contributed by atoms with E-state index in [1.165, 1.54) is 30.6 Å². The van der Waals surface area contributed by atoms with Crippen molar-refractivity contribution in [2.75, 3.05) is 6.54 Å². The van der Waals surface area contributed by atoms with Crippen molar-refractivity contribution in [3.8, 4) is 0 Å². The third-order valence-electron chi connectivity index (χ3n) is 2.44. The van der Waals surface area contributed by atoms with Crippen molar-refractivity contribution < 1.29 is 19.5 Å². The van der Waals surface area contributed by atoms with Gasteiger partial charge in [-0.2, -0.15) is 0 Å². The van der Waals surface area contributed by atoms with E-state index in [1.54, 1.807) is 0 Å². The van der Waals surface area contributed by atoms with E-state index in [4.69, 9.17) is 10.8 Å². The third kappa shape index (κ3) is 4.50. The Morgan fingerprint density at radius 1 is 1.45 bits per heavy atom. The minimum absolute atomic E-state index is 0.00990. The normalized spacial score (nSPS) is 10.9.